The molecule has 1 aromatic rings. The van der Waals surface area contributed by atoms with Gasteiger partial charge in [-0.2, -0.15) is 0 Å². The van der Waals surface area contributed by atoms with Crippen molar-refractivity contribution in [3.63, 3.8) is 0 Å². The zero-order valence-corrected chi connectivity index (χ0v) is 5.91. The summed E-state index contributed by atoms with van der Waals surface area (Å²) in [6.07, 6.45) is 3.71. The summed E-state index contributed by atoms with van der Waals surface area (Å²) in [5.41, 5.74) is 2.73. The van der Waals surface area contributed by atoms with E-state index in [0.717, 1.165) is 5.56 Å². The molecule has 4 nitrogen and oxygen atoms in total. The number of aromatic nitrogens is 1. The lowest BCUT2D eigenvalue weighted by atomic mass is 10.2. The van der Waals surface area contributed by atoms with Crippen LogP contribution >= 0.6 is 0 Å². The molecule has 1 rings (SSSR count). The summed E-state index contributed by atoms with van der Waals surface area (Å²) in [4.78, 5) is 3.83. The second-order valence-corrected chi connectivity index (χ2v) is 2.12. The molecule has 11 heavy (non-hydrogen) atoms. The van der Waals surface area contributed by atoms with Gasteiger partial charge < -0.3 is 0 Å². The number of amidine groups is 1. The normalized spacial score (nSPS) is 9.18. The maximum absolute atomic E-state index is 8.31. The van der Waals surface area contributed by atoms with Crippen molar-refractivity contribution < 1.29 is 5.21 Å². The number of hydrogen-bond donors (Lipinski definition) is 3. The fourth-order valence-corrected chi connectivity index (χ4v) is 0.744. The largest absolute Gasteiger partial charge is 0.290 e. The van der Waals surface area contributed by atoms with E-state index in [1.807, 2.05) is 0 Å². The van der Waals surface area contributed by atoms with Crippen LogP contribution in [0.2, 0.25) is 0 Å². The predicted octanol–water partition coefficient (Wildman–Crippen LogP) is 0.580. The molecule has 1 heterocycles. The van der Waals surface area contributed by atoms with Crippen LogP contribution in [0.3, 0.4) is 0 Å². The van der Waals surface area contributed by atoms with E-state index in [4.69, 9.17) is 10.6 Å². The van der Waals surface area contributed by atoms with Gasteiger partial charge in [-0.3, -0.25) is 21.1 Å². The summed E-state index contributed by atoms with van der Waals surface area (Å²) in [6.45, 7) is 0. The number of hydrogen-bond acceptors (Lipinski definition) is 3. The van der Waals surface area contributed by atoms with E-state index in [9.17, 15) is 0 Å². The van der Waals surface area contributed by atoms with Crippen molar-refractivity contribution in [1.29, 1.82) is 5.41 Å². The first-order valence-electron chi connectivity index (χ1n) is 3.19. The summed E-state index contributed by atoms with van der Waals surface area (Å²) in [7, 11) is 0. The van der Waals surface area contributed by atoms with Gasteiger partial charge in [-0.05, 0) is 17.7 Å². The van der Waals surface area contributed by atoms with Crippen LogP contribution < -0.4 is 5.48 Å². The zero-order valence-electron chi connectivity index (χ0n) is 5.91. The van der Waals surface area contributed by atoms with E-state index in [2.05, 4.69) is 4.98 Å². The average molecular weight is 151 g/mol. The third-order valence-electron chi connectivity index (χ3n) is 1.27. The molecule has 0 radical (unpaired) electrons. The Morgan fingerprint density at radius 2 is 2.18 bits per heavy atom. The van der Waals surface area contributed by atoms with E-state index in [1.165, 1.54) is 0 Å². The SMILES string of the molecule is N=C(Cc1ccncc1)NO. The molecule has 0 fully saturated rings. The fraction of sp³-hybridized carbons (Fsp3) is 0.143. The number of rotatable bonds is 2. The molecule has 0 unspecified atom stereocenters. The van der Waals surface area contributed by atoms with Gasteiger partial charge in [0.1, 0.15) is 5.84 Å². The molecule has 4 heteroatoms. The van der Waals surface area contributed by atoms with E-state index in [0.29, 0.717) is 6.42 Å². The highest BCUT2D eigenvalue weighted by Crippen LogP contribution is 1.96. The first kappa shape index (κ1) is 7.68. The summed E-state index contributed by atoms with van der Waals surface area (Å²) < 4.78 is 0. The Kier molecular flexibility index (Phi) is 2.57. The van der Waals surface area contributed by atoms with Gasteiger partial charge in [0.25, 0.3) is 0 Å². The Morgan fingerprint density at radius 1 is 1.55 bits per heavy atom. The molecule has 1 aromatic heterocycles. The smallest absolute Gasteiger partial charge is 0.122 e. The zero-order chi connectivity index (χ0) is 8.10. The van der Waals surface area contributed by atoms with Gasteiger partial charge in [-0.1, -0.05) is 0 Å². The molecule has 0 atom stereocenters. The molecule has 58 valence electrons. The van der Waals surface area contributed by atoms with Crippen LogP contribution in [0.1, 0.15) is 5.56 Å². The maximum Gasteiger partial charge on any atom is 0.122 e. The van der Waals surface area contributed by atoms with E-state index in [1.54, 1.807) is 30.0 Å². The quantitative estimate of drug-likeness (QED) is 0.329. The van der Waals surface area contributed by atoms with Crippen LogP contribution in [0.5, 0.6) is 0 Å². The molecule has 3 N–H and O–H groups in total. The van der Waals surface area contributed by atoms with Gasteiger partial charge in [-0.25, -0.2) is 0 Å². The minimum absolute atomic E-state index is 0.0798. The molecule has 0 spiro atoms. The molecule has 0 aliphatic rings. The Morgan fingerprint density at radius 3 is 2.73 bits per heavy atom. The average Bonchev–Trinajstić information content (AvgIpc) is 2.06. The van der Waals surface area contributed by atoms with Gasteiger partial charge >= 0.3 is 0 Å². The highest BCUT2D eigenvalue weighted by atomic mass is 16.5. The third kappa shape index (κ3) is 2.35. The molecule has 0 bridgehead atoms. The minimum atomic E-state index is 0.0798. The van der Waals surface area contributed by atoms with Crippen LogP contribution in [0.25, 0.3) is 0 Å². The van der Waals surface area contributed by atoms with Crippen molar-refractivity contribution in [1.82, 2.24) is 10.5 Å². The molecular weight excluding hydrogens is 142 g/mol. The lowest BCUT2D eigenvalue weighted by Crippen LogP contribution is -2.19. The van der Waals surface area contributed by atoms with Crippen molar-refractivity contribution in [3.05, 3.63) is 30.1 Å². The van der Waals surface area contributed by atoms with Crippen LogP contribution in [-0.2, 0) is 6.42 Å². The molecular formula is C7H9N3O. The Hall–Kier alpha value is -1.42. The second-order valence-electron chi connectivity index (χ2n) is 2.12. The predicted molar refractivity (Wildman–Crippen MR) is 40.6 cm³/mol. The summed E-state index contributed by atoms with van der Waals surface area (Å²) >= 11 is 0. The number of pyridine rings is 1. The number of nitrogens with zero attached hydrogens (tertiary/aromatic N) is 1. The van der Waals surface area contributed by atoms with Crippen LogP contribution in [0.4, 0.5) is 0 Å². The van der Waals surface area contributed by atoms with Gasteiger partial charge in [0, 0.05) is 18.8 Å². The standard InChI is InChI=1S/C7H9N3O/c8-7(10-11)5-6-1-3-9-4-2-6/h1-4,11H,5H2,(H2,8,10). The molecule has 0 saturated carbocycles. The van der Waals surface area contributed by atoms with Gasteiger partial charge in [-0.15, -0.1) is 0 Å². The van der Waals surface area contributed by atoms with Crippen LogP contribution in [0, 0.1) is 5.41 Å². The van der Waals surface area contributed by atoms with E-state index >= 15 is 0 Å². The van der Waals surface area contributed by atoms with Gasteiger partial charge in [0.15, 0.2) is 0 Å². The molecule has 0 saturated heterocycles. The third-order valence-corrected chi connectivity index (χ3v) is 1.27. The Labute approximate surface area is 64.4 Å². The summed E-state index contributed by atoms with van der Waals surface area (Å²) in [5, 5.41) is 15.4. The van der Waals surface area contributed by atoms with Crippen LogP contribution in [-0.4, -0.2) is 16.0 Å². The minimum Gasteiger partial charge on any atom is -0.290 e. The van der Waals surface area contributed by atoms with Crippen molar-refractivity contribution in [2.45, 2.75) is 6.42 Å². The summed E-state index contributed by atoms with van der Waals surface area (Å²) in [5.74, 6) is 0.0798. The number of hydroxylamine groups is 1. The van der Waals surface area contributed by atoms with E-state index < -0.39 is 0 Å². The van der Waals surface area contributed by atoms with Crippen molar-refractivity contribution in [2.24, 2.45) is 0 Å². The molecule has 0 aliphatic carbocycles. The first-order valence-corrected chi connectivity index (χ1v) is 3.19. The van der Waals surface area contributed by atoms with Crippen molar-refractivity contribution in [2.75, 3.05) is 0 Å². The van der Waals surface area contributed by atoms with Gasteiger partial charge in [0.05, 0.1) is 0 Å². The van der Waals surface area contributed by atoms with Crippen molar-refractivity contribution in [3.8, 4) is 0 Å². The first-order chi connectivity index (χ1) is 5.33. The van der Waals surface area contributed by atoms with Gasteiger partial charge in [0.2, 0.25) is 0 Å². The lowest BCUT2D eigenvalue weighted by molar-refractivity contribution is 0.231. The maximum atomic E-state index is 8.31. The molecule has 0 amide bonds. The van der Waals surface area contributed by atoms with Crippen LogP contribution in [0.15, 0.2) is 24.5 Å². The highest BCUT2D eigenvalue weighted by molar-refractivity contribution is 5.80. The number of nitrogens with one attached hydrogen (secondary N) is 2. The Bertz CT molecular complexity index is 235. The Balaban J connectivity index is 2.58. The van der Waals surface area contributed by atoms with Crippen molar-refractivity contribution >= 4 is 5.84 Å². The lowest BCUT2D eigenvalue weighted by Gasteiger charge is -1.99. The topological polar surface area (TPSA) is 69.0 Å². The monoisotopic (exact) mass is 151 g/mol. The highest BCUT2D eigenvalue weighted by Gasteiger charge is 1.95. The summed E-state index contributed by atoms with van der Waals surface area (Å²) in [6, 6.07) is 3.60. The van der Waals surface area contributed by atoms with E-state index in [-0.39, 0.29) is 5.84 Å². The second kappa shape index (κ2) is 3.68. The molecule has 0 aliphatic heterocycles. The molecule has 0 aromatic carbocycles. The fourth-order valence-electron chi connectivity index (χ4n) is 0.744.